The lowest BCUT2D eigenvalue weighted by molar-refractivity contribution is -0.124. The zero-order chi connectivity index (χ0) is 24.8. The average molecular weight is 513 g/mol. The molecule has 0 atom stereocenters. The Labute approximate surface area is 208 Å². The van der Waals surface area contributed by atoms with Gasteiger partial charge in [0.15, 0.2) is 13.2 Å². The number of carbonyl (C=O) groups excluding carboxylic acids is 1. The maximum Gasteiger partial charge on any atom is 0.278 e. The number of nitrogens with one attached hydrogen (secondary N) is 1. The summed E-state index contributed by atoms with van der Waals surface area (Å²) in [5, 5.41) is 7.15. The Kier molecular flexibility index (Phi) is 8.59. The number of rotatable bonds is 10. The van der Waals surface area contributed by atoms with Crippen LogP contribution in [0.5, 0.6) is 11.1 Å². The third-order valence-electron chi connectivity index (χ3n) is 6.55. The second-order valence-electron chi connectivity index (χ2n) is 9.69. The van der Waals surface area contributed by atoms with Crippen LogP contribution in [0, 0.1) is 12.8 Å². The SMILES string of the molecule is Cc1cc(OCC(=O)N[C@H]2CC[C@H](CCN3CCc4nc(OCC(C)(F)F)sc4CC3)CC2)no1. The van der Waals surface area contributed by atoms with Crippen molar-refractivity contribution < 1.29 is 27.6 Å². The summed E-state index contributed by atoms with van der Waals surface area (Å²) in [5.74, 6) is -1.33. The third-order valence-corrected chi connectivity index (χ3v) is 7.62. The molecule has 0 aromatic carbocycles. The van der Waals surface area contributed by atoms with Gasteiger partial charge in [0.05, 0.1) is 5.69 Å². The zero-order valence-electron chi connectivity index (χ0n) is 20.4. The molecule has 2 aromatic heterocycles. The van der Waals surface area contributed by atoms with Gasteiger partial charge in [-0.3, -0.25) is 4.79 Å². The van der Waals surface area contributed by atoms with Gasteiger partial charge in [0.2, 0.25) is 0 Å². The number of fused-ring (bicyclic) bond motifs is 1. The fourth-order valence-corrected chi connectivity index (χ4v) is 5.58. The first kappa shape index (κ1) is 25.8. The Morgan fingerprint density at radius 2 is 2.03 bits per heavy atom. The molecular weight excluding hydrogens is 478 g/mol. The van der Waals surface area contributed by atoms with E-state index < -0.39 is 12.5 Å². The van der Waals surface area contributed by atoms with Crippen LogP contribution >= 0.6 is 11.3 Å². The number of halogens is 2. The minimum Gasteiger partial charge on any atom is -0.465 e. The molecular formula is C24H34F2N4O4S. The second kappa shape index (κ2) is 11.6. The molecule has 35 heavy (non-hydrogen) atoms. The number of carbonyl (C=O) groups is 1. The predicted octanol–water partition coefficient (Wildman–Crippen LogP) is 4.02. The zero-order valence-corrected chi connectivity index (χ0v) is 21.2. The third kappa shape index (κ3) is 8.13. The van der Waals surface area contributed by atoms with E-state index in [4.69, 9.17) is 14.0 Å². The summed E-state index contributed by atoms with van der Waals surface area (Å²) in [4.78, 5) is 20.2. The Hall–Kier alpha value is -2.27. The predicted molar refractivity (Wildman–Crippen MR) is 127 cm³/mol. The molecule has 0 saturated heterocycles. The van der Waals surface area contributed by atoms with Crippen LogP contribution in [0.3, 0.4) is 0 Å². The van der Waals surface area contributed by atoms with Crippen LogP contribution in [0.1, 0.15) is 55.4 Å². The summed E-state index contributed by atoms with van der Waals surface area (Å²) >= 11 is 1.40. The molecule has 4 rings (SSSR count). The molecule has 1 aliphatic heterocycles. The lowest BCUT2D eigenvalue weighted by atomic mass is 9.84. The van der Waals surface area contributed by atoms with E-state index >= 15 is 0 Å². The van der Waals surface area contributed by atoms with Gasteiger partial charge in [-0.15, -0.1) is 0 Å². The van der Waals surface area contributed by atoms with Crippen molar-refractivity contribution >= 4 is 17.2 Å². The van der Waals surface area contributed by atoms with Gasteiger partial charge in [-0.1, -0.05) is 11.3 Å². The van der Waals surface area contributed by atoms with Gasteiger partial charge in [0, 0.05) is 43.4 Å². The van der Waals surface area contributed by atoms with Crippen LogP contribution in [-0.4, -0.2) is 65.8 Å². The van der Waals surface area contributed by atoms with E-state index in [-0.39, 0.29) is 18.6 Å². The highest BCUT2D eigenvalue weighted by molar-refractivity contribution is 7.13. The van der Waals surface area contributed by atoms with E-state index in [0.29, 0.717) is 22.8 Å². The molecule has 3 heterocycles. The van der Waals surface area contributed by atoms with Crippen molar-refractivity contribution in [1.29, 1.82) is 0 Å². The minimum atomic E-state index is -2.85. The number of ether oxygens (including phenoxy) is 2. The molecule has 0 bridgehead atoms. The van der Waals surface area contributed by atoms with Gasteiger partial charge < -0.3 is 24.2 Å². The number of hydrogen-bond acceptors (Lipinski definition) is 8. The summed E-state index contributed by atoms with van der Waals surface area (Å²) < 4.78 is 41.5. The number of aryl methyl sites for hydroxylation is 1. The molecule has 194 valence electrons. The Balaban J connectivity index is 1.11. The fourth-order valence-electron chi connectivity index (χ4n) is 4.64. The molecule has 2 aromatic rings. The van der Waals surface area contributed by atoms with Gasteiger partial charge >= 0.3 is 0 Å². The van der Waals surface area contributed by atoms with Crippen LogP contribution in [0.15, 0.2) is 10.6 Å². The first-order valence-electron chi connectivity index (χ1n) is 12.3. The second-order valence-corrected chi connectivity index (χ2v) is 10.7. The maximum atomic E-state index is 13.0. The average Bonchev–Trinajstić information content (AvgIpc) is 3.36. The van der Waals surface area contributed by atoms with E-state index in [2.05, 4.69) is 20.4 Å². The van der Waals surface area contributed by atoms with Crippen molar-refractivity contribution in [1.82, 2.24) is 20.4 Å². The Morgan fingerprint density at radius 3 is 2.74 bits per heavy atom. The Morgan fingerprint density at radius 1 is 1.26 bits per heavy atom. The molecule has 0 spiro atoms. The highest BCUT2D eigenvalue weighted by atomic mass is 32.1. The summed E-state index contributed by atoms with van der Waals surface area (Å²) in [5.41, 5.74) is 0.992. The molecule has 11 heteroatoms. The maximum absolute atomic E-state index is 13.0. The monoisotopic (exact) mass is 512 g/mol. The quantitative estimate of drug-likeness (QED) is 0.514. The minimum absolute atomic E-state index is 0.0556. The number of aromatic nitrogens is 2. The van der Waals surface area contributed by atoms with E-state index in [1.807, 2.05) is 0 Å². The first-order valence-corrected chi connectivity index (χ1v) is 13.1. The highest BCUT2D eigenvalue weighted by Gasteiger charge is 2.26. The van der Waals surface area contributed by atoms with E-state index in [1.165, 1.54) is 11.3 Å². The van der Waals surface area contributed by atoms with E-state index in [1.54, 1.807) is 13.0 Å². The number of amides is 1. The van der Waals surface area contributed by atoms with Gasteiger partial charge in [0.25, 0.3) is 22.9 Å². The summed E-state index contributed by atoms with van der Waals surface area (Å²) in [7, 11) is 0. The summed E-state index contributed by atoms with van der Waals surface area (Å²) in [6, 6.07) is 1.85. The molecule has 8 nitrogen and oxygen atoms in total. The van der Waals surface area contributed by atoms with Crippen LogP contribution in [0.4, 0.5) is 8.78 Å². The summed E-state index contributed by atoms with van der Waals surface area (Å²) in [6.07, 6.45) is 7.05. The van der Waals surface area contributed by atoms with Gasteiger partial charge in [-0.2, -0.15) is 0 Å². The van der Waals surface area contributed by atoms with Gasteiger partial charge in [0.1, 0.15) is 5.76 Å². The normalized spacial score (nSPS) is 21.3. The first-order chi connectivity index (χ1) is 16.7. The van der Waals surface area contributed by atoms with Gasteiger partial charge in [-0.05, 0) is 63.1 Å². The van der Waals surface area contributed by atoms with Crippen LogP contribution in [-0.2, 0) is 17.6 Å². The molecule has 1 saturated carbocycles. The standard InChI is InChI=1S/C24H34F2N4O4S/c1-16-13-22(29-34-16)32-14-21(31)27-18-5-3-17(4-6-18)7-10-30-11-8-19-20(9-12-30)35-23(28-19)33-15-24(2,25)26/h13,17-18H,3-12,14-15H2,1-2H3,(H,27,31)/t17-,18-. The fraction of sp³-hybridized carbons (Fsp3) is 0.708. The number of nitrogens with zero attached hydrogens (tertiary/aromatic N) is 3. The molecule has 1 fully saturated rings. The van der Waals surface area contributed by atoms with Crippen molar-refractivity contribution in [2.45, 2.75) is 70.8 Å². The Bertz CT molecular complexity index is 944. The highest BCUT2D eigenvalue weighted by Crippen LogP contribution is 2.30. The van der Waals surface area contributed by atoms with Crippen molar-refractivity contribution in [3.05, 3.63) is 22.4 Å². The number of hydrogen-bond donors (Lipinski definition) is 1. The van der Waals surface area contributed by atoms with E-state index in [9.17, 15) is 13.6 Å². The summed E-state index contributed by atoms with van der Waals surface area (Å²) in [6.45, 7) is 4.87. The van der Waals surface area contributed by atoms with Crippen LogP contribution in [0.25, 0.3) is 0 Å². The molecule has 2 aliphatic rings. The molecule has 0 radical (unpaired) electrons. The smallest absolute Gasteiger partial charge is 0.278 e. The van der Waals surface area contributed by atoms with Gasteiger partial charge in [-0.25, -0.2) is 13.8 Å². The van der Waals surface area contributed by atoms with Crippen LogP contribution in [0.2, 0.25) is 0 Å². The van der Waals surface area contributed by atoms with Crippen LogP contribution < -0.4 is 14.8 Å². The van der Waals surface area contributed by atoms with Crippen molar-refractivity contribution in [2.75, 3.05) is 32.8 Å². The molecule has 1 amide bonds. The molecule has 1 N–H and O–H groups in total. The number of alkyl halides is 2. The molecule has 0 unspecified atom stereocenters. The lowest BCUT2D eigenvalue weighted by Gasteiger charge is -2.30. The van der Waals surface area contributed by atoms with Crippen molar-refractivity contribution in [3.8, 4) is 11.1 Å². The number of thiazole rings is 1. The van der Waals surface area contributed by atoms with Crippen molar-refractivity contribution in [3.63, 3.8) is 0 Å². The largest absolute Gasteiger partial charge is 0.465 e. The molecule has 1 aliphatic carbocycles. The van der Waals surface area contributed by atoms with Crippen molar-refractivity contribution in [2.24, 2.45) is 5.92 Å². The lowest BCUT2D eigenvalue weighted by Crippen LogP contribution is -2.40. The van der Waals surface area contributed by atoms with E-state index in [0.717, 1.165) is 82.1 Å². The topological polar surface area (TPSA) is 89.7 Å².